The van der Waals surface area contributed by atoms with Gasteiger partial charge in [0.1, 0.15) is 11.3 Å². The topological polar surface area (TPSA) is 62.1 Å². The summed E-state index contributed by atoms with van der Waals surface area (Å²) in [6.07, 6.45) is 3.86. The van der Waals surface area contributed by atoms with E-state index in [1.165, 1.54) is 7.11 Å². The number of nitrogens with zero attached hydrogens (tertiary/aromatic N) is 2. The van der Waals surface area contributed by atoms with Gasteiger partial charge in [-0.15, -0.1) is 0 Å². The lowest BCUT2D eigenvalue weighted by atomic mass is 9.68. The van der Waals surface area contributed by atoms with Crippen molar-refractivity contribution in [2.45, 2.75) is 31.6 Å². The van der Waals surface area contributed by atoms with Gasteiger partial charge in [-0.3, -0.25) is 4.79 Å². The number of fused-ring (bicyclic) bond motifs is 3. The number of carbonyl (C=O) groups excluding carboxylic acids is 1. The Labute approximate surface area is 164 Å². The van der Waals surface area contributed by atoms with Crippen molar-refractivity contribution in [2.24, 2.45) is 0 Å². The second-order valence-electron chi connectivity index (χ2n) is 7.27. The summed E-state index contributed by atoms with van der Waals surface area (Å²) in [7, 11) is 3.05. The maximum Gasteiger partial charge on any atom is 0.316 e. The number of hydrogen-bond donors (Lipinski definition) is 0. The quantitative estimate of drug-likeness (QED) is 0.502. The third kappa shape index (κ3) is 2.94. The van der Waals surface area contributed by atoms with Crippen molar-refractivity contribution < 1.29 is 19.0 Å². The maximum atomic E-state index is 13.0. The average Bonchev–Trinajstić information content (AvgIpc) is 3.08. The highest BCUT2D eigenvalue weighted by Gasteiger charge is 2.45. The third-order valence-corrected chi connectivity index (χ3v) is 5.51. The molecule has 1 aliphatic carbocycles. The van der Waals surface area contributed by atoms with Crippen LogP contribution in [0.5, 0.6) is 5.75 Å². The third-order valence-electron chi connectivity index (χ3n) is 5.51. The fourth-order valence-electron chi connectivity index (χ4n) is 4.21. The molecule has 0 saturated carbocycles. The molecule has 6 heteroatoms. The molecule has 0 saturated heterocycles. The zero-order valence-corrected chi connectivity index (χ0v) is 16.4. The number of aromatic nitrogens is 2. The van der Waals surface area contributed by atoms with Gasteiger partial charge in [-0.2, -0.15) is 5.10 Å². The Balaban J connectivity index is 1.88. The Kier molecular flexibility index (Phi) is 4.81. The Hall–Kier alpha value is -2.86. The number of aryl methyl sites for hydroxylation is 2. The molecule has 0 aliphatic heterocycles. The van der Waals surface area contributed by atoms with E-state index in [4.69, 9.17) is 19.3 Å². The van der Waals surface area contributed by atoms with Crippen LogP contribution < -0.4 is 4.74 Å². The minimum atomic E-state index is -0.726. The summed E-state index contributed by atoms with van der Waals surface area (Å²) >= 11 is 0. The van der Waals surface area contributed by atoms with E-state index in [9.17, 15) is 4.79 Å². The Morgan fingerprint density at radius 1 is 1.25 bits per heavy atom. The SMILES string of the molecule is COCOc1cc(C)cn2nc3c(c12)CC(C(=O)OC)(c1ccccc1)CC3. The molecule has 0 amide bonds. The molecule has 3 aromatic rings. The van der Waals surface area contributed by atoms with Crippen molar-refractivity contribution in [3.8, 4) is 5.75 Å². The van der Waals surface area contributed by atoms with Crippen LogP contribution in [0.2, 0.25) is 0 Å². The first kappa shape index (κ1) is 18.5. The van der Waals surface area contributed by atoms with Crippen LogP contribution in [0.1, 0.15) is 28.8 Å². The molecule has 0 N–H and O–H groups in total. The number of methoxy groups -OCH3 is 2. The summed E-state index contributed by atoms with van der Waals surface area (Å²) in [4.78, 5) is 13.0. The lowest BCUT2D eigenvalue weighted by Gasteiger charge is -2.34. The maximum absolute atomic E-state index is 13.0. The van der Waals surface area contributed by atoms with Gasteiger partial charge in [-0.1, -0.05) is 30.3 Å². The van der Waals surface area contributed by atoms with Crippen LogP contribution in [0.4, 0.5) is 0 Å². The van der Waals surface area contributed by atoms with Crippen LogP contribution in [0.15, 0.2) is 42.6 Å². The first-order valence-electron chi connectivity index (χ1n) is 9.35. The Bertz CT molecular complexity index is 1010. The van der Waals surface area contributed by atoms with Crippen LogP contribution in [0.25, 0.3) is 5.52 Å². The van der Waals surface area contributed by atoms with Gasteiger partial charge >= 0.3 is 5.97 Å². The van der Waals surface area contributed by atoms with Crippen LogP contribution >= 0.6 is 0 Å². The van der Waals surface area contributed by atoms with E-state index in [1.807, 2.05) is 54.0 Å². The molecule has 28 heavy (non-hydrogen) atoms. The molecule has 0 radical (unpaired) electrons. The molecule has 6 nitrogen and oxygen atoms in total. The largest absolute Gasteiger partial charge is 0.468 e. The van der Waals surface area contributed by atoms with Crippen molar-refractivity contribution in [1.29, 1.82) is 0 Å². The molecule has 1 aliphatic rings. The van der Waals surface area contributed by atoms with E-state index in [0.29, 0.717) is 25.0 Å². The normalized spacial score (nSPS) is 18.7. The number of esters is 1. The van der Waals surface area contributed by atoms with Gasteiger partial charge in [-0.25, -0.2) is 4.52 Å². The monoisotopic (exact) mass is 380 g/mol. The molecular formula is C22H24N2O4. The molecule has 0 bridgehead atoms. The van der Waals surface area contributed by atoms with Crippen molar-refractivity contribution in [1.82, 2.24) is 9.61 Å². The molecule has 1 aromatic carbocycles. The minimum absolute atomic E-state index is 0.153. The number of hydrogen-bond acceptors (Lipinski definition) is 5. The van der Waals surface area contributed by atoms with Crippen LogP contribution in [0.3, 0.4) is 0 Å². The van der Waals surface area contributed by atoms with Crippen molar-refractivity contribution >= 4 is 11.5 Å². The van der Waals surface area contributed by atoms with Crippen LogP contribution in [0, 0.1) is 6.92 Å². The molecule has 1 unspecified atom stereocenters. The predicted octanol–water partition coefficient (Wildman–Crippen LogP) is 3.23. The van der Waals surface area contributed by atoms with E-state index in [2.05, 4.69) is 0 Å². The molecule has 146 valence electrons. The highest BCUT2D eigenvalue weighted by Crippen LogP contribution is 2.42. The summed E-state index contributed by atoms with van der Waals surface area (Å²) in [5.74, 6) is 0.500. The minimum Gasteiger partial charge on any atom is -0.468 e. The first-order chi connectivity index (χ1) is 13.6. The van der Waals surface area contributed by atoms with Gasteiger partial charge in [0.2, 0.25) is 0 Å². The summed E-state index contributed by atoms with van der Waals surface area (Å²) in [5, 5.41) is 4.77. The van der Waals surface area contributed by atoms with Gasteiger partial charge in [-0.05, 0) is 43.4 Å². The van der Waals surface area contributed by atoms with E-state index in [0.717, 1.165) is 27.9 Å². The summed E-state index contributed by atoms with van der Waals surface area (Å²) in [6, 6.07) is 11.9. The smallest absolute Gasteiger partial charge is 0.316 e. The van der Waals surface area contributed by atoms with Gasteiger partial charge < -0.3 is 14.2 Å². The summed E-state index contributed by atoms with van der Waals surface area (Å²) < 4.78 is 18.0. The number of carbonyl (C=O) groups is 1. The van der Waals surface area contributed by atoms with E-state index in [1.54, 1.807) is 7.11 Å². The Morgan fingerprint density at radius 2 is 2.04 bits per heavy atom. The van der Waals surface area contributed by atoms with Crippen LogP contribution in [-0.2, 0) is 32.5 Å². The molecule has 1 atom stereocenters. The van der Waals surface area contributed by atoms with E-state index >= 15 is 0 Å². The highest BCUT2D eigenvalue weighted by atomic mass is 16.7. The number of benzene rings is 1. The zero-order chi connectivity index (χ0) is 19.7. The number of pyridine rings is 1. The number of ether oxygens (including phenoxy) is 3. The second-order valence-corrected chi connectivity index (χ2v) is 7.27. The average molecular weight is 380 g/mol. The van der Waals surface area contributed by atoms with E-state index < -0.39 is 5.41 Å². The fourth-order valence-corrected chi connectivity index (χ4v) is 4.21. The lowest BCUT2D eigenvalue weighted by molar-refractivity contribution is -0.148. The molecule has 0 spiro atoms. The molecule has 4 rings (SSSR count). The highest BCUT2D eigenvalue weighted by molar-refractivity contribution is 5.85. The van der Waals surface area contributed by atoms with Crippen molar-refractivity contribution in [3.63, 3.8) is 0 Å². The van der Waals surface area contributed by atoms with Crippen LogP contribution in [-0.4, -0.2) is 36.6 Å². The summed E-state index contributed by atoms with van der Waals surface area (Å²) in [6.45, 7) is 2.16. The number of rotatable bonds is 5. The molecule has 2 aromatic heterocycles. The van der Waals surface area contributed by atoms with Gasteiger partial charge in [0, 0.05) is 18.9 Å². The molecule has 0 fully saturated rings. The van der Waals surface area contributed by atoms with Gasteiger partial charge in [0.05, 0.1) is 18.2 Å². The first-order valence-corrected chi connectivity index (χ1v) is 9.35. The fraction of sp³-hybridized carbons (Fsp3) is 0.364. The lowest BCUT2D eigenvalue weighted by Crippen LogP contribution is -2.42. The summed E-state index contributed by atoms with van der Waals surface area (Å²) in [5.41, 5.74) is 4.21. The van der Waals surface area contributed by atoms with Gasteiger partial charge in [0.25, 0.3) is 0 Å². The Morgan fingerprint density at radius 3 is 2.75 bits per heavy atom. The van der Waals surface area contributed by atoms with E-state index in [-0.39, 0.29) is 12.8 Å². The predicted molar refractivity (Wildman–Crippen MR) is 105 cm³/mol. The van der Waals surface area contributed by atoms with Crippen molar-refractivity contribution in [2.75, 3.05) is 21.0 Å². The standard InChI is InChI=1S/C22H24N2O4/c1-15-11-19(28-14-26-2)20-17-12-22(21(25)27-3,16-7-5-4-6-8-16)10-9-18(17)23-24(20)13-15/h4-8,11,13H,9-10,12,14H2,1-3H3. The van der Waals surface area contributed by atoms with Gasteiger partial charge in [0.15, 0.2) is 6.79 Å². The second kappa shape index (κ2) is 7.28. The zero-order valence-electron chi connectivity index (χ0n) is 16.4. The molecular weight excluding hydrogens is 356 g/mol. The molecule has 2 heterocycles. The van der Waals surface area contributed by atoms with Crippen molar-refractivity contribution in [3.05, 3.63) is 65.0 Å².